The molecule has 0 fully saturated rings. The third-order valence-electron chi connectivity index (χ3n) is 3.60. The molecule has 0 radical (unpaired) electrons. The normalized spacial score (nSPS) is 15.2. The molecule has 0 aromatic heterocycles. The van der Waals surface area contributed by atoms with E-state index >= 15 is 0 Å². The number of hydrogen-bond acceptors (Lipinski definition) is 2. The third kappa shape index (κ3) is 2.63. The Morgan fingerprint density at radius 1 is 1.00 bits per heavy atom. The third-order valence-corrected chi connectivity index (χ3v) is 3.60. The van der Waals surface area contributed by atoms with Gasteiger partial charge in [-0.1, -0.05) is 18.2 Å². The molecule has 0 bridgehead atoms. The van der Waals surface area contributed by atoms with Crippen molar-refractivity contribution in [1.82, 2.24) is 0 Å². The molecular weight excluding hydrogens is 196 g/mol. The van der Waals surface area contributed by atoms with Crippen LogP contribution in [0.3, 0.4) is 0 Å². The minimum atomic E-state index is 0.432. The molecule has 0 aliphatic heterocycles. The average Bonchev–Trinajstić information content (AvgIpc) is 2.35. The van der Waals surface area contributed by atoms with Gasteiger partial charge < -0.3 is 11.5 Å². The highest BCUT2D eigenvalue weighted by Crippen LogP contribution is 2.23. The molecule has 0 saturated carbocycles. The molecule has 1 aliphatic rings. The van der Waals surface area contributed by atoms with Crippen molar-refractivity contribution in [3.05, 3.63) is 34.9 Å². The smallest absolute Gasteiger partial charge is 0.00336 e. The lowest BCUT2D eigenvalue weighted by Gasteiger charge is -2.18. The Morgan fingerprint density at radius 2 is 1.69 bits per heavy atom. The van der Waals surface area contributed by atoms with Crippen LogP contribution in [0.4, 0.5) is 0 Å². The average molecular weight is 218 g/mol. The summed E-state index contributed by atoms with van der Waals surface area (Å²) < 4.78 is 0. The van der Waals surface area contributed by atoms with Crippen molar-refractivity contribution in [3.63, 3.8) is 0 Å². The first-order valence-electron chi connectivity index (χ1n) is 6.34. The maximum Gasteiger partial charge on any atom is -0.00336 e. The lowest BCUT2D eigenvalue weighted by Crippen LogP contribution is -2.25. The Bertz CT molecular complexity index is 343. The SMILES string of the molecule is NCC(CN)Cc1ccc2c(c1)CCCC2. The summed E-state index contributed by atoms with van der Waals surface area (Å²) in [6.45, 7) is 1.38. The summed E-state index contributed by atoms with van der Waals surface area (Å²) in [5.74, 6) is 0.432. The number of benzene rings is 1. The summed E-state index contributed by atoms with van der Waals surface area (Å²) in [6.07, 6.45) is 6.22. The molecule has 1 aliphatic carbocycles. The summed E-state index contributed by atoms with van der Waals surface area (Å²) in [5.41, 5.74) is 15.9. The quantitative estimate of drug-likeness (QED) is 0.807. The second-order valence-corrected chi connectivity index (χ2v) is 4.85. The first kappa shape index (κ1) is 11.6. The van der Waals surface area contributed by atoms with E-state index in [-0.39, 0.29) is 0 Å². The minimum absolute atomic E-state index is 0.432. The van der Waals surface area contributed by atoms with Crippen LogP contribution < -0.4 is 11.5 Å². The molecule has 0 spiro atoms. The monoisotopic (exact) mass is 218 g/mol. The van der Waals surface area contributed by atoms with E-state index in [1.807, 2.05) is 0 Å². The number of hydrogen-bond donors (Lipinski definition) is 2. The van der Waals surface area contributed by atoms with E-state index in [9.17, 15) is 0 Å². The molecule has 2 nitrogen and oxygen atoms in total. The number of rotatable bonds is 4. The number of fused-ring (bicyclic) bond motifs is 1. The topological polar surface area (TPSA) is 52.0 Å². The fraction of sp³-hybridized carbons (Fsp3) is 0.571. The van der Waals surface area contributed by atoms with Crippen LogP contribution in [0, 0.1) is 5.92 Å². The maximum atomic E-state index is 5.69. The van der Waals surface area contributed by atoms with Crippen molar-refractivity contribution in [2.24, 2.45) is 17.4 Å². The number of nitrogens with two attached hydrogens (primary N) is 2. The van der Waals surface area contributed by atoms with Crippen LogP contribution in [-0.4, -0.2) is 13.1 Å². The molecule has 16 heavy (non-hydrogen) atoms. The lowest BCUT2D eigenvalue weighted by molar-refractivity contribution is 0.547. The molecule has 0 unspecified atom stereocenters. The predicted octanol–water partition coefficient (Wildman–Crippen LogP) is 1.64. The highest BCUT2D eigenvalue weighted by molar-refractivity contribution is 5.34. The van der Waals surface area contributed by atoms with Gasteiger partial charge in [-0.2, -0.15) is 0 Å². The van der Waals surface area contributed by atoms with Gasteiger partial charge in [-0.05, 0) is 67.8 Å². The van der Waals surface area contributed by atoms with Crippen molar-refractivity contribution >= 4 is 0 Å². The highest BCUT2D eigenvalue weighted by Gasteiger charge is 2.11. The molecular formula is C14H22N2. The molecule has 88 valence electrons. The Kier molecular flexibility index (Phi) is 3.97. The highest BCUT2D eigenvalue weighted by atomic mass is 14.6. The summed E-state index contributed by atoms with van der Waals surface area (Å²) in [5, 5.41) is 0. The van der Waals surface area contributed by atoms with Crippen molar-refractivity contribution in [1.29, 1.82) is 0 Å². The van der Waals surface area contributed by atoms with Gasteiger partial charge in [-0.25, -0.2) is 0 Å². The van der Waals surface area contributed by atoms with Gasteiger partial charge in [0.05, 0.1) is 0 Å². The maximum absolute atomic E-state index is 5.69. The molecule has 1 aromatic carbocycles. The summed E-state index contributed by atoms with van der Waals surface area (Å²) >= 11 is 0. The van der Waals surface area contributed by atoms with Gasteiger partial charge in [0.2, 0.25) is 0 Å². The standard InChI is InChI=1S/C14H22N2/c15-9-12(10-16)7-11-5-6-13-3-1-2-4-14(13)8-11/h5-6,8,12H,1-4,7,9-10,15-16H2. The first-order chi connectivity index (χ1) is 7.83. The van der Waals surface area contributed by atoms with E-state index in [4.69, 9.17) is 11.5 Å². The van der Waals surface area contributed by atoms with Crippen LogP contribution in [0.25, 0.3) is 0 Å². The first-order valence-corrected chi connectivity index (χ1v) is 6.34. The zero-order valence-electron chi connectivity index (χ0n) is 9.91. The Balaban J connectivity index is 2.10. The molecule has 1 aromatic rings. The minimum Gasteiger partial charge on any atom is -0.330 e. The summed E-state index contributed by atoms with van der Waals surface area (Å²) in [7, 11) is 0. The van der Waals surface area contributed by atoms with Crippen LogP contribution in [0.1, 0.15) is 29.5 Å². The van der Waals surface area contributed by atoms with Crippen LogP contribution in [0.2, 0.25) is 0 Å². The van der Waals surface area contributed by atoms with Gasteiger partial charge in [0.25, 0.3) is 0 Å². The number of aryl methyl sites for hydroxylation is 2. The van der Waals surface area contributed by atoms with E-state index in [0.29, 0.717) is 19.0 Å². The van der Waals surface area contributed by atoms with E-state index in [1.54, 1.807) is 11.1 Å². The molecule has 0 atom stereocenters. The lowest BCUT2D eigenvalue weighted by atomic mass is 9.88. The van der Waals surface area contributed by atoms with E-state index < -0.39 is 0 Å². The Hall–Kier alpha value is -0.860. The van der Waals surface area contributed by atoms with Gasteiger partial charge in [0, 0.05) is 0 Å². The zero-order valence-corrected chi connectivity index (χ0v) is 9.91. The van der Waals surface area contributed by atoms with E-state index in [0.717, 1.165) is 6.42 Å². The van der Waals surface area contributed by atoms with Crippen molar-refractivity contribution in [3.8, 4) is 0 Å². The van der Waals surface area contributed by atoms with E-state index in [1.165, 1.54) is 31.2 Å². The fourth-order valence-electron chi connectivity index (χ4n) is 2.51. The van der Waals surface area contributed by atoms with Gasteiger partial charge in [0.15, 0.2) is 0 Å². The van der Waals surface area contributed by atoms with Crippen molar-refractivity contribution in [2.75, 3.05) is 13.1 Å². The van der Waals surface area contributed by atoms with Crippen LogP contribution >= 0.6 is 0 Å². The predicted molar refractivity (Wildman–Crippen MR) is 68.4 cm³/mol. The molecule has 2 rings (SSSR count). The van der Waals surface area contributed by atoms with Gasteiger partial charge in [0.1, 0.15) is 0 Å². The van der Waals surface area contributed by atoms with Crippen LogP contribution in [0.15, 0.2) is 18.2 Å². The second-order valence-electron chi connectivity index (χ2n) is 4.85. The van der Waals surface area contributed by atoms with E-state index in [2.05, 4.69) is 18.2 Å². The van der Waals surface area contributed by atoms with Crippen molar-refractivity contribution in [2.45, 2.75) is 32.1 Å². The van der Waals surface area contributed by atoms with Gasteiger partial charge in [-0.3, -0.25) is 0 Å². The molecule has 2 heteroatoms. The second kappa shape index (κ2) is 5.46. The summed E-state index contributed by atoms with van der Waals surface area (Å²) in [6, 6.07) is 6.92. The zero-order chi connectivity index (χ0) is 11.4. The van der Waals surface area contributed by atoms with Crippen LogP contribution in [0.5, 0.6) is 0 Å². The molecule has 4 N–H and O–H groups in total. The van der Waals surface area contributed by atoms with Crippen molar-refractivity contribution < 1.29 is 0 Å². The Morgan fingerprint density at radius 3 is 2.38 bits per heavy atom. The van der Waals surface area contributed by atoms with Gasteiger partial charge >= 0.3 is 0 Å². The molecule has 0 heterocycles. The molecule has 0 amide bonds. The largest absolute Gasteiger partial charge is 0.330 e. The molecule has 0 saturated heterocycles. The van der Waals surface area contributed by atoms with Gasteiger partial charge in [-0.15, -0.1) is 0 Å². The Labute approximate surface area is 98.0 Å². The fourth-order valence-corrected chi connectivity index (χ4v) is 2.51. The summed E-state index contributed by atoms with van der Waals surface area (Å²) in [4.78, 5) is 0. The van der Waals surface area contributed by atoms with Crippen LogP contribution in [-0.2, 0) is 19.3 Å².